The summed E-state index contributed by atoms with van der Waals surface area (Å²) in [5, 5.41) is 1.18. The van der Waals surface area contributed by atoms with E-state index in [1.165, 1.54) is 30.2 Å². The van der Waals surface area contributed by atoms with Crippen molar-refractivity contribution in [3.63, 3.8) is 0 Å². The van der Waals surface area contributed by atoms with E-state index in [4.69, 9.17) is 10.3 Å². The molecule has 0 aliphatic heterocycles. The zero-order valence-corrected chi connectivity index (χ0v) is 9.86. The maximum Gasteiger partial charge on any atom is 0.134 e. The molecule has 0 bridgehead atoms. The van der Waals surface area contributed by atoms with Crippen LogP contribution in [0.4, 0.5) is 0 Å². The Balaban J connectivity index is 1.89. The van der Waals surface area contributed by atoms with E-state index in [1.54, 1.807) is 0 Å². The van der Waals surface area contributed by atoms with Crippen molar-refractivity contribution in [1.29, 1.82) is 0 Å². The van der Waals surface area contributed by atoms with Crippen molar-refractivity contribution in [2.24, 2.45) is 11.8 Å². The van der Waals surface area contributed by atoms with Crippen LogP contribution >= 0.6 is 0 Å². The Labute approximate surface area is 101 Å². The third-order valence-corrected chi connectivity index (χ3v) is 3.88. The van der Waals surface area contributed by atoms with Crippen LogP contribution in [-0.4, -0.2) is 0 Å². The van der Waals surface area contributed by atoms with Gasteiger partial charge in [-0.2, -0.15) is 0 Å². The molecule has 1 aromatic carbocycles. The molecule has 1 aromatic heterocycles. The molecule has 3 N–H and O–H groups in total. The number of nitrogens with two attached hydrogens (primary N) is 1. The summed E-state index contributed by atoms with van der Waals surface area (Å²) >= 11 is 0. The van der Waals surface area contributed by atoms with Crippen LogP contribution in [0.5, 0.6) is 0 Å². The number of benzene rings is 1. The number of para-hydroxylation sites is 1. The molecule has 3 rings (SSSR count). The second kappa shape index (κ2) is 4.51. The van der Waals surface area contributed by atoms with Gasteiger partial charge in [-0.3, -0.25) is 11.3 Å². The molecule has 3 nitrogen and oxygen atoms in total. The minimum absolute atomic E-state index is 0.212. The molecular formula is C14H18N2O. The zero-order valence-electron chi connectivity index (χ0n) is 9.86. The fourth-order valence-electron chi connectivity index (χ4n) is 2.61. The lowest BCUT2D eigenvalue weighted by Crippen LogP contribution is -2.30. The van der Waals surface area contributed by atoms with Crippen LogP contribution in [-0.2, 0) is 0 Å². The number of nitrogens with one attached hydrogen (secondary N) is 1. The molecule has 1 fully saturated rings. The first-order valence-electron chi connectivity index (χ1n) is 6.30. The van der Waals surface area contributed by atoms with Gasteiger partial charge in [-0.25, -0.2) is 0 Å². The van der Waals surface area contributed by atoms with E-state index < -0.39 is 0 Å². The molecule has 17 heavy (non-hydrogen) atoms. The molecule has 90 valence electrons. The Hall–Kier alpha value is -1.32. The first-order valence-corrected chi connectivity index (χ1v) is 6.30. The molecule has 1 saturated carbocycles. The zero-order chi connectivity index (χ0) is 11.7. The Morgan fingerprint density at radius 2 is 2.18 bits per heavy atom. The fourth-order valence-corrected chi connectivity index (χ4v) is 2.61. The minimum atomic E-state index is 0.212. The molecule has 1 aliphatic rings. The standard InChI is InChI=1S/C14H18N2O/c15-16-13(8-10-4-3-5-10)12-9-17-14-7-2-1-6-11(12)14/h1-2,6-7,9-10,13,16H,3-5,8,15H2. The Kier molecular flexibility index (Phi) is 2.87. The van der Waals surface area contributed by atoms with Gasteiger partial charge in [0.05, 0.1) is 12.3 Å². The van der Waals surface area contributed by atoms with Crippen LogP contribution in [0.3, 0.4) is 0 Å². The summed E-state index contributed by atoms with van der Waals surface area (Å²) in [5.41, 5.74) is 5.07. The third kappa shape index (κ3) is 1.96. The summed E-state index contributed by atoms with van der Waals surface area (Å²) in [6.07, 6.45) is 7.00. The number of furan rings is 1. The summed E-state index contributed by atoms with van der Waals surface area (Å²) in [6.45, 7) is 0. The van der Waals surface area contributed by atoms with Crippen molar-refractivity contribution >= 4 is 11.0 Å². The van der Waals surface area contributed by atoms with E-state index in [0.717, 1.165) is 17.9 Å². The molecule has 1 heterocycles. The normalized spacial score (nSPS) is 18.2. The van der Waals surface area contributed by atoms with Gasteiger partial charge in [0.2, 0.25) is 0 Å². The van der Waals surface area contributed by atoms with Crippen molar-refractivity contribution in [2.45, 2.75) is 31.7 Å². The molecule has 2 aromatic rings. The number of hydrazine groups is 1. The van der Waals surface area contributed by atoms with Gasteiger partial charge in [-0.05, 0) is 18.4 Å². The highest BCUT2D eigenvalue weighted by atomic mass is 16.3. The average Bonchev–Trinajstić information content (AvgIpc) is 2.72. The Morgan fingerprint density at radius 3 is 2.88 bits per heavy atom. The van der Waals surface area contributed by atoms with Gasteiger partial charge in [0.25, 0.3) is 0 Å². The van der Waals surface area contributed by atoms with Crippen LogP contribution in [0.25, 0.3) is 11.0 Å². The van der Waals surface area contributed by atoms with Crippen LogP contribution in [0.15, 0.2) is 34.9 Å². The minimum Gasteiger partial charge on any atom is -0.464 e. The fraction of sp³-hybridized carbons (Fsp3) is 0.429. The summed E-state index contributed by atoms with van der Waals surface area (Å²) in [5.74, 6) is 6.51. The van der Waals surface area contributed by atoms with Crippen molar-refractivity contribution in [3.8, 4) is 0 Å². The molecule has 1 atom stereocenters. The molecule has 0 saturated heterocycles. The van der Waals surface area contributed by atoms with Crippen molar-refractivity contribution < 1.29 is 4.42 Å². The molecule has 1 unspecified atom stereocenters. The molecule has 0 spiro atoms. The van der Waals surface area contributed by atoms with Gasteiger partial charge >= 0.3 is 0 Å². The smallest absolute Gasteiger partial charge is 0.134 e. The first-order chi connectivity index (χ1) is 8.38. The average molecular weight is 230 g/mol. The van der Waals surface area contributed by atoms with Gasteiger partial charge in [-0.15, -0.1) is 0 Å². The highest BCUT2D eigenvalue weighted by molar-refractivity contribution is 5.81. The number of fused-ring (bicyclic) bond motifs is 1. The number of hydrogen-bond acceptors (Lipinski definition) is 3. The predicted molar refractivity (Wildman–Crippen MR) is 68.2 cm³/mol. The van der Waals surface area contributed by atoms with Crippen LogP contribution in [0.2, 0.25) is 0 Å². The second-order valence-electron chi connectivity index (χ2n) is 4.94. The van der Waals surface area contributed by atoms with E-state index >= 15 is 0 Å². The maximum absolute atomic E-state index is 5.69. The quantitative estimate of drug-likeness (QED) is 0.626. The summed E-state index contributed by atoms with van der Waals surface area (Å²) in [4.78, 5) is 0. The lowest BCUT2D eigenvalue weighted by atomic mass is 9.80. The van der Waals surface area contributed by atoms with Crippen LogP contribution < -0.4 is 11.3 Å². The monoisotopic (exact) mass is 230 g/mol. The van der Waals surface area contributed by atoms with Crippen molar-refractivity contribution in [1.82, 2.24) is 5.43 Å². The second-order valence-corrected chi connectivity index (χ2v) is 4.94. The topological polar surface area (TPSA) is 51.2 Å². The summed E-state index contributed by atoms with van der Waals surface area (Å²) in [7, 11) is 0. The molecular weight excluding hydrogens is 212 g/mol. The summed E-state index contributed by atoms with van der Waals surface area (Å²) < 4.78 is 5.57. The van der Waals surface area contributed by atoms with E-state index in [2.05, 4.69) is 11.5 Å². The number of hydrogen-bond donors (Lipinski definition) is 2. The van der Waals surface area contributed by atoms with Gasteiger partial charge in [0, 0.05) is 10.9 Å². The van der Waals surface area contributed by atoms with E-state index in [0.29, 0.717) is 0 Å². The molecule has 0 radical (unpaired) electrons. The van der Waals surface area contributed by atoms with Gasteiger partial charge in [0.1, 0.15) is 5.58 Å². The van der Waals surface area contributed by atoms with Gasteiger partial charge in [-0.1, -0.05) is 37.5 Å². The Morgan fingerprint density at radius 1 is 1.35 bits per heavy atom. The van der Waals surface area contributed by atoms with Crippen LogP contribution in [0, 0.1) is 5.92 Å². The van der Waals surface area contributed by atoms with Crippen molar-refractivity contribution in [2.75, 3.05) is 0 Å². The predicted octanol–water partition coefficient (Wildman–Crippen LogP) is 3.13. The SMILES string of the molecule is NNC(CC1CCC1)c1coc2ccccc12. The first kappa shape index (κ1) is 10.8. The molecule has 1 aliphatic carbocycles. The summed E-state index contributed by atoms with van der Waals surface area (Å²) in [6, 6.07) is 8.34. The molecule has 0 amide bonds. The lowest BCUT2D eigenvalue weighted by molar-refractivity contribution is 0.262. The van der Waals surface area contributed by atoms with E-state index in [1.807, 2.05) is 24.5 Å². The lowest BCUT2D eigenvalue weighted by Gasteiger charge is -2.29. The van der Waals surface area contributed by atoms with E-state index in [9.17, 15) is 0 Å². The van der Waals surface area contributed by atoms with E-state index in [-0.39, 0.29) is 6.04 Å². The maximum atomic E-state index is 5.69. The Bertz CT molecular complexity index is 502. The van der Waals surface area contributed by atoms with Gasteiger partial charge < -0.3 is 4.42 Å². The number of rotatable bonds is 4. The van der Waals surface area contributed by atoms with Crippen molar-refractivity contribution in [3.05, 3.63) is 36.1 Å². The third-order valence-electron chi connectivity index (χ3n) is 3.88. The highest BCUT2D eigenvalue weighted by Gasteiger charge is 2.24. The largest absolute Gasteiger partial charge is 0.464 e. The molecule has 3 heteroatoms. The van der Waals surface area contributed by atoms with Gasteiger partial charge in [0.15, 0.2) is 0 Å². The highest BCUT2D eigenvalue weighted by Crippen LogP contribution is 2.36. The van der Waals surface area contributed by atoms with Crippen LogP contribution in [0.1, 0.15) is 37.3 Å².